The first kappa shape index (κ1) is 27.2. The Morgan fingerprint density at radius 2 is 1.74 bits per heavy atom. The second-order valence-electron chi connectivity index (χ2n) is 6.43. The number of hydrogen-bond acceptors (Lipinski definition) is 6. The Bertz CT molecular complexity index is 898. The van der Waals surface area contributed by atoms with E-state index < -0.39 is 17.3 Å². The summed E-state index contributed by atoms with van der Waals surface area (Å²) in [7, 11) is 0. The number of hydrogen-bond donors (Lipinski definition) is 2. The monoisotopic (exact) mass is 547 g/mol. The largest absolute Gasteiger partial charge is 0.573 e. The van der Waals surface area contributed by atoms with Crippen LogP contribution in [0, 0.1) is 10.1 Å². The second kappa shape index (κ2) is 11.2. The van der Waals surface area contributed by atoms with E-state index in [1.54, 1.807) is 0 Å². The molecular formula is C18H19BrCl2F3N3O4. The first-order valence-electron chi connectivity index (χ1n) is 8.63. The number of nitrogens with one attached hydrogen (secondary N) is 1. The quantitative estimate of drug-likeness (QED) is 0.412. The van der Waals surface area contributed by atoms with Gasteiger partial charge in [-0.25, -0.2) is 0 Å². The zero-order valence-corrected chi connectivity index (χ0v) is 19.0. The van der Waals surface area contributed by atoms with Crippen molar-refractivity contribution >= 4 is 46.4 Å². The molecular weight excluding hydrogens is 530 g/mol. The van der Waals surface area contributed by atoms with E-state index >= 15 is 0 Å². The van der Waals surface area contributed by atoms with Crippen molar-refractivity contribution in [3.63, 3.8) is 0 Å². The van der Waals surface area contributed by atoms with Gasteiger partial charge in [-0.2, -0.15) is 0 Å². The van der Waals surface area contributed by atoms with Crippen LogP contribution < -0.4 is 10.1 Å². The maximum absolute atomic E-state index is 12.4. The Kier molecular flexibility index (Phi) is 9.83. The van der Waals surface area contributed by atoms with Crippen LogP contribution in [0.15, 0.2) is 40.9 Å². The van der Waals surface area contributed by atoms with Crippen LogP contribution in [-0.4, -0.2) is 47.5 Å². The lowest BCUT2D eigenvalue weighted by Crippen LogP contribution is -2.45. The fraction of sp³-hybridized carbons (Fsp3) is 0.333. The van der Waals surface area contributed by atoms with Crippen molar-refractivity contribution in [3.8, 4) is 11.5 Å². The summed E-state index contributed by atoms with van der Waals surface area (Å²) in [6.45, 7) is 2.52. The Balaban J connectivity index is 0.00000240. The number of halogens is 6. The highest BCUT2D eigenvalue weighted by atomic mass is 79.9. The molecule has 0 spiro atoms. The Morgan fingerprint density at radius 3 is 2.26 bits per heavy atom. The molecule has 1 atom stereocenters. The van der Waals surface area contributed by atoms with Gasteiger partial charge in [-0.3, -0.25) is 15.0 Å². The Morgan fingerprint density at radius 1 is 1.16 bits per heavy atom. The van der Waals surface area contributed by atoms with E-state index in [9.17, 15) is 28.4 Å². The number of rotatable bonds is 5. The van der Waals surface area contributed by atoms with E-state index in [0.717, 1.165) is 0 Å². The number of nitrogens with zero attached hydrogens (tertiary/aromatic N) is 2. The topological polar surface area (TPSA) is 87.9 Å². The number of non-ortho nitro benzene ring substituents is 1. The number of phenolic OH excluding ortho intramolecular Hbond substituents is 1. The van der Waals surface area contributed by atoms with Crippen LogP contribution in [0.2, 0.25) is 0 Å². The van der Waals surface area contributed by atoms with Crippen LogP contribution in [0.4, 0.5) is 18.9 Å². The third kappa shape index (κ3) is 6.84. The maximum atomic E-state index is 12.4. The van der Waals surface area contributed by atoms with E-state index in [-0.39, 0.29) is 52.0 Å². The second-order valence-corrected chi connectivity index (χ2v) is 7.28. The van der Waals surface area contributed by atoms with Gasteiger partial charge in [-0.1, -0.05) is 12.1 Å². The molecule has 0 amide bonds. The molecule has 2 aromatic rings. The predicted octanol–water partition coefficient (Wildman–Crippen LogP) is 4.80. The van der Waals surface area contributed by atoms with Gasteiger partial charge in [0.15, 0.2) is 0 Å². The minimum absolute atomic E-state index is 0. The predicted molar refractivity (Wildman–Crippen MR) is 116 cm³/mol. The number of benzene rings is 2. The van der Waals surface area contributed by atoms with E-state index in [2.05, 4.69) is 26.0 Å². The molecule has 0 unspecified atom stereocenters. The summed E-state index contributed by atoms with van der Waals surface area (Å²) in [6, 6.07) is 7.18. The van der Waals surface area contributed by atoms with Gasteiger partial charge < -0.3 is 15.2 Å². The maximum Gasteiger partial charge on any atom is 0.573 e. The van der Waals surface area contributed by atoms with Crippen molar-refractivity contribution < 1.29 is 27.9 Å². The number of ether oxygens (including phenoxy) is 1. The van der Waals surface area contributed by atoms with E-state index in [1.807, 2.05) is 4.90 Å². The van der Waals surface area contributed by atoms with Crippen LogP contribution in [0.3, 0.4) is 0 Å². The summed E-state index contributed by atoms with van der Waals surface area (Å²) >= 11 is 3.14. The van der Waals surface area contributed by atoms with Crippen LogP contribution in [0.25, 0.3) is 0 Å². The van der Waals surface area contributed by atoms with Gasteiger partial charge in [0, 0.05) is 43.9 Å². The fourth-order valence-electron chi connectivity index (χ4n) is 3.30. The van der Waals surface area contributed by atoms with Crippen LogP contribution in [-0.2, 0) is 0 Å². The summed E-state index contributed by atoms with van der Waals surface area (Å²) in [5.41, 5.74) is 0.656. The summed E-state index contributed by atoms with van der Waals surface area (Å²) in [5.74, 6) is -0.528. The van der Waals surface area contributed by atoms with E-state index in [1.165, 1.54) is 36.4 Å². The zero-order valence-electron chi connectivity index (χ0n) is 15.8. The molecule has 1 saturated heterocycles. The fourth-order valence-corrected chi connectivity index (χ4v) is 3.76. The normalized spacial score (nSPS) is 15.4. The van der Waals surface area contributed by atoms with Crippen molar-refractivity contribution in [2.45, 2.75) is 12.4 Å². The molecule has 0 aliphatic carbocycles. The number of piperazine rings is 1. The van der Waals surface area contributed by atoms with Gasteiger partial charge in [-0.05, 0) is 33.6 Å². The number of nitro groups is 1. The standard InChI is InChI=1S/C18H17BrF3N3O4.2ClH/c19-15-10-12(25(27)28)9-14(17(15)26)16(24-7-5-23-6-8-24)11-1-3-13(4-2-11)29-18(20,21)22;;/h1-4,9-10,16,23,26H,5-8H2;2*1H/t16-;;/m1../s1. The summed E-state index contributed by atoms with van der Waals surface area (Å²) in [6.07, 6.45) is -4.80. The zero-order chi connectivity index (χ0) is 21.2. The van der Waals surface area contributed by atoms with Crippen LogP contribution in [0.1, 0.15) is 17.2 Å². The number of aromatic hydroxyl groups is 1. The van der Waals surface area contributed by atoms with Gasteiger partial charge in [0.2, 0.25) is 0 Å². The SMILES string of the molecule is Cl.Cl.O=[N+]([O-])c1cc(Br)c(O)c([C@@H](c2ccc(OC(F)(F)F)cc2)N2CCNCC2)c1. The molecule has 0 bridgehead atoms. The molecule has 3 rings (SSSR count). The molecule has 7 nitrogen and oxygen atoms in total. The van der Waals surface area contributed by atoms with Gasteiger partial charge >= 0.3 is 6.36 Å². The molecule has 31 heavy (non-hydrogen) atoms. The third-order valence-corrected chi connectivity index (χ3v) is 5.13. The summed E-state index contributed by atoms with van der Waals surface area (Å²) in [5, 5.41) is 25.1. The lowest BCUT2D eigenvalue weighted by atomic mass is 9.95. The molecule has 2 aromatic carbocycles. The van der Waals surface area contributed by atoms with E-state index in [4.69, 9.17) is 0 Å². The lowest BCUT2D eigenvalue weighted by Gasteiger charge is -2.36. The summed E-state index contributed by atoms with van der Waals surface area (Å²) < 4.78 is 41.4. The molecule has 1 aliphatic rings. The number of nitro benzene ring substituents is 1. The number of phenols is 1. The van der Waals surface area contributed by atoms with Gasteiger partial charge in [0.25, 0.3) is 5.69 Å². The van der Waals surface area contributed by atoms with Crippen LogP contribution >= 0.6 is 40.7 Å². The molecule has 2 N–H and O–H groups in total. The van der Waals surface area contributed by atoms with Crippen molar-refractivity contribution in [2.24, 2.45) is 0 Å². The number of alkyl halides is 3. The molecule has 1 heterocycles. The lowest BCUT2D eigenvalue weighted by molar-refractivity contribution is -0.385. The summed E-state index contributed by atoms with van der Waals surface area (Å²) in [4.78, 5) is 12.7. The van der Waals surface area contributed by atoms with Gasteiger partial charge in [-0.15, -0.1) is 38.0 Å². The molecule has 172 valence electrons. The molecule has 1 fully saturated rings. The van der Waals surface area contributed by atoms with Crippen molar-refractivity contribution in [2.75, 3.05) is 26.2 Å². The van der Waals surface area contributed by atoms with Crippen molar-refractivity contribution in [1.29, 1.82) is 0 Å². The van der Waals surface area contributed by atoms with Gasteiger partial charge in [0.05, 0.1) is 15.4 Å². The molecule has 0 radical (unpaired) electrons. The first-order valence-corrected chi connectivity index (χ1v) is 9.42. The average molecular weight is 549 g/mol. The van der Waals surface area contributed by atoms with Crippen molar-refractivity contribution in [1.82, 2.24) is 10.2 Å². The highest BCUT2D eigenvalue weighted by Gasteiger charge is 2.32. The third-order valence-electron chi connectivity index (χ3n) is 4.53. The minimum atomic E-state index is -4.80. The Hall–Kier alpha value is -1.79. The Labute approximate surface area is 196 Å². The highest BCUT2D eigenvalue weighted by molar-refractivity contribution is 9.10. The smallest absolute Gasteiger partial charge is 0.506 e. The molecule has 1 aliphatic heterocycles. The molecule has 13 heteroatoms. The average Bonchev–Trinajstić information content (AvgIpc) is 2.66. The molecule has 0 aromatic heterocycles. The minimum Gasteiger partial charge on any atom is -0.506 e. The van der Waals surface area contributed by atoms with Crippen molar-refractivity contribution in [3.05, 3.63) is 62.1 Å². The van der Waals surface area contributed by atoms with E-state index in [0.29, 0.717) is 31.7 Å². The van der Waals surface area contributed by atoms with Gasteiger partial charge in [0.1, 0.15) is 11.5 Å². The molecule has 0 saturated carbocycles. The highest BCUT2D eigenvalue weighted by Crippen LogP contribution is 2.41. The first-order chi connectivity index (χ1) is 13.7. The van der Waals surface area contributed by atoms with Crippen LogP contribution in [0.5, 0.6) is 11.5 Å².